The Morgan fingerprint density at radius 3 is 2.94 bits per heavy atom. The number of nitrogens with zero attached hydrogens (tertiary/aromatic N) is 1. The van der Waals surface area contributed by atoms with E-state index in [1.807, 2.05) is 24.3 Å². The van der Waals surface area contributed by atoms with Crippen LogP contribution in [0.4, 0.5) is 5.69 Å². The molecule has 0 saturated heterocycles. The number of ether oxygens (including phenoxy) is 1. The predicted molar refractivity (Wildman–Crippen MR) is 73.3 cm³/mol. The Bertz CT molecular complexity index is 403. The van der Waals surface area contributed by atoms with Crippen LogP contribution in [0.5, 0.6) is 0 Å². The maximum atomic E-state index is 12.0. The molecule has 2 rings (SSSR count). The zero-order chi connectivity index (χ0) is 12.8. The van der Waals surface area contributed by atoms with Crippen molar-refractivity contribution in [3.8, 4) is 0 Å². The molecule has 0 atom stereocenters. The summed E-state index contributed by atoms with van der Waals surface area (Å²) in [4.78, 5) is 14.2. The Kier molecular flexibility index (Phi) is 4.76. The third kappa shape index (κ3) is 3.10. The lowest BCUT2D eigenvalue weighted by molar-refractivity contribution is 0.0984. The molecule has 0 bridgehead atoms. The number of para-hydroxylation sites is 1. The van der Waals surface area contributed by atoms with Gasteiger partial charge in [-0.15, -0.1) is 0 Å². The van der Waals surface area contributed by atoms with E-state index >= 15 is 0 Å². The molecule has 1 heterocycles. The van der Waals surface area contributed by atoms with Crippen LogP contribution >= 0.6 is 0 Å². The number of hydrogen-bond donors (Lipinski definition) is 0. The smallest absolute Gasteiger partial charge is 0.165 e. The molecule has 98 valence electrons. The lowest BCUT2D eigenvalue weighted by Gasteiger charge is -2.24. The number of rotatable bonds is 5. The van der Waals surface area contributed by atoms with E-state index in [4.69, 9.17) is 4.74 Å². The van der Waals surface area contributed by atoms with Crippen molar-refractivity contribution in [2.45, 2.75) is 26.2 Å². The second-order valence-corrected chi connectivity index (χ2v) is 4.64. The molecule has 3 heteroatoms. The highest BCUT2D eigenvalue weighted by Crippen LogP contribution is 2.25. The normalized spacial score (nSPS) is 15.4. The van der Waals surface area contributed by atoms with Gasteiger partial charge >= 0.3 is 0 Å². The quantitative estimate of drug-likeness (QED) is 0.749. The summed E-state index contributed by atoms with van der Waals surface area (Å²) in [5.41, 5.74) is 1.94. The predicted octanol–water partition coefficient (Wildman–Crippen LogP) is 2.90. The van der Waals surface area contributed by atoms with E-state index in [1.165, 1.54) is 0 Å². The summed E-state index contributed by atoms with van der Waals surface area (Å²) in [6.45, 7) is 5.47. The lowest BCUT2D eigenvalue weighted by atomic mass is 10.1. The number of benzene rings is 1. The van der Waals surface area contributed by atoms with E-state index in [9.17, 15) is 4.79 Å². The van der Waals surface area contributed by atoms with E-state index in [1.54, 1.807) is 0 Å². The van der Waals surface area contributed by atoms with Crippen molar-refractivity contribution in [1.29, 1.82) is 0 Å². The number of hydrogen-bond acceptors (Lipinski definition) is 3. The highest BCUT2D eigenvalue weighted by molar-refractivity contribution is 6.01. The average molecular weight is 247 g/mol. The molecule has 0 aliphatic carbocycles. The van der Waals surface area contributed by atoms with Crippen molar-refractivity contribution >= 4 is 11.5 Å². The molecule has 0 radical (unpaired) electrons. The standard InChI is InChI=1S/C15H21NO2/c1-2-11-18-12-10-16-9-5-8-15(17)13-6-3-4-7-14(13)16/h3-4,6-7H,2,5,8-12H2,1H3. The van der Waals surface area contributed by atoms with Crippen molar-refractivity contribution in [1.82, 2.24) is 0 Å². The van der Waals surface area contributed by atoms with Crippen LogP contribution in [0.25, 0.3) is 0 Å². The minimum Gasteiger partial charge on any atom is -0.380 e. The van der Waals surface area contributed by atoms with Crippen molar-refractivity contribution in [3.05, 3.63) is 29.8 Å². The van der Waals surface area contributed by atoms with Crippen molar-refractivity contribution < 1.29 is 9.53 Å². The molecule has 1 aliphatic rings. The molecule has 1 aliphatic heterocycles. The first-order valence-corrected chi connectivity index (χ1v) is 6.78. The fraction of sp³-hybridized carbons (Fsp3) is 0.533. The molecule has 3 nitrogen and oxygen atoms in total. The molecule has 0 N–H and O–H groups in total. The summed E-state index contributed by atoms with van der Waals surface area (Å²) in [5.74, 6) is 0.266. The molecule has 18 heavy (non-hydrogen) atoms. The van der Waals surface area contributed by atoms with Gasteiger partial charge in [-0.2, -0.15) is 0 Å². The topological polar surface area (TPSA) is 29.5 Å². The van der Waals surface area contributed by atoms with Crippen LogP contribution in [0, 0.1) is 0 Å². The Labute approximate surface area is 109 Å². The summed E-state index contributed by atoms with van der Waals surface area (Å²) in [6.07, 6.45) is 2.64. The fourth-order valence-corrected chi connectivity index (χ4v) is 2.32. The van der Waals surface area contributed by atoms with Crippen LogP contribution < -0.4 is 4.90 Å². The average Bonchev–Trinajstić information content (AvgIpc) is 2.56. The van der Waals surface area contributed by atoms with Crippen molar-refractivity contribution in [2.75, 3.05) is 31.2 Å². The molecule has 0 aromatic heterocycles. The largest absolute Gasteiger partial charge is 0.380 e. The Morgan fingerprint density at radius 1 is 1.28 bits per heavy atom. The maximum Gasteiger partial charge on any atom is 0.165 e. The van der Waals surface area contributed by atoms with Gasteiger partial charge in [-0.25, -0.2) is 0 Å². The number of carbonyl (C=O) groups is 1. The summed E-state index contributed by atoms with van der Waals surface area (Å²) >= 11 is 0. The highest BCUT2D eigenvalue weighted by Gasteiger charge is 2.19. The number of fused-ring (bicyclic) bond motifs is 1. The minimum atomic E-state index is 0.266. The molecule has 0 spiro atoms. The number of carbonyl (C=O) groups excluding carboxylic acids is 1. The van der Waals surface area contributed by atoms with Gasteiger partial charge in [-0.05, 0) is 25.0 Å². The number of anilines is 1. The van der Waals surface area contributed by atoms with Gasteiger partial charge in [0.2, 0.25) is 0 Å². The SMILES string of the molecule is CCCOCCN1CCCC(=O)c2ccccc21. The highest BCUT2D eigenvalue weighted by atomic mass is 16.5. The molecular weight excluding hydrogens is 226 g/mol. The van der Waals surface area contributed by atoms with E-state index in [-0.39, 0.29) is 5.78 Å². The lowest BCUT2D eigenvalue weighted by Crippen LogP contribution is -2.28. The van der Waals surface area contributed by atoms with Gasteiger partial charge in [-0.1, -0.05) is 19.1 Å². The van der Waals surface area contributed by atoms with Crippen LogP contribution in [-0.4, -0.2) is 32.1 Å². The second kappa shape index (κ2) is 6.55. The van der Waals surface area contributed by atoms with Gasteiger partial charge in [0, 0.05) is 37.4 Å². The summed E-state index contributed by atoms with van der Waals surface area (Å²) in [7, 11) is 0. The molecule has 1 aromatic rings. The van der Waals surface area contributed by atoms with E-state index in [0.29, 0.717) is 6.42 Å². The number of Topliss-reactive ketones (excluding diaryl/α,β-unsaturated/α-hetero) is 1. The Balaban J connectivity index is 2.06. The van der Waals surface area contributed by atoms with Crippen LogP contribution in [0.2, 0.25) is 0 Å². The van der Waals surface area contributed by atoms with Gasteiger partial charge in [0.15, 0.2) is 5.78 Å². The van der Waals surface area contributed by atoms with Gasteiger partial charge in [0.05, 0.1) is 6.61 Å². The first-order chi connectivity index (χ1) is 8.83. The Hall–Kier alpha value is -1.35. The Morgan fingerprint density at radius 2 is 2.11 bits per heavy atom. The van der Waals surface area contributed by atoms with Crippen LogP contribution in [0.3, 0.4) is 0 Å². The zero-order valence-corrected chi connectivity index (χ0v) is 11.0. The van der Waals surface area contributed by atoms with Gasteiger partial charge in [-0.3, -0.25) is 4.79 Å². The zero-order valence-electron chi connectivity index (χ0n) is 11.0. The van der Waals surface area contributed by atoms with Crippen LogP contribution in [0.1, 0.15) is 36.5 Å². The van der Waals surface area contributed by atoms with E-state index < -0.39 is 0 Å². The van der Waals surface area contributed by atoms with Crippen LogP contribution in [-0.2, 0) is 4.74 Å². The molecule has 0 saturated carbocycles. The molecule has 0 amide bonds. The van der Waals surface area contributed by atoms with Gasteiger partial charge in [0.25, 0.3) is 0 Å². The second-order valence-electron chi connectivity index (χ2n) is 4.64. The monoisotopic (exact) mass is 247 g/mol. The third-order valence-electron chi connectivity index (χ3n) is 3.23. The summed E-state index contributed by atoms with van der Waals surface area (Å²) < 4.78 is 5.54. The first kappa shape index (κ1) is 13.1. The van der Waals surface area contributed by atoms with E-state index in [2.05, 4.69) is 11.8 Å². The maximum absolute atomic E-state index is 12.0. The molecule has 0 fully saturated rings. The van der Waals surface area contributed by atoms with Crippen molar-refractivity contribution in [2.24, 2.45) is 0 Å². The molecular formula is C15H21NO2. The fourth-order valence-electron chi connectivity index (χ4n) is 2.32. The summed E-state index contributed by atoms with van der Waals surface area (Å²) in [6, 6.07) is 7.91. The minimum absolute atomic E-state index is 0.266. The third-order valence-corrected chi connectivity index (χ3v) is 3.23. The molecule has 1 aromatic carbocycles. The molecule has 0 unspecified atom stereocenters. The van der Waals surface area contributed by atoms with E-state index in [0.717, 1.165) is 50.4 Å². The first-order valence-electron chi connectivity index (χ1n) is 6.78. The van der Waals surface area contributed by atoms with Crippen molar-refractivity contribution in [3.63, 3.8) is 0 Å². The van der Waals surface area contributed by atoms with Gasteiger partial charge < -0.3 is 9.64 Å². The number of ketones is 1. The van der Waals surface area contributed by atoms with Crippen LogP contribution in [0.15, 0.2) is 24.3 Å². The summed E-state index contributed by atoms with van der Waals surface area (Å²) in [5, 5.41) is 0. The van der Waals surface area contributed by atoms with Gasteiger partial charge in [0.1, 0.15) is 0 Å².